The van der Waals surface area contributed by atoms with Crippen LogP contribution in [-0.4, -0.2) is 42.5 Å². The third kappa shape index (κ3) is 3.96. The highest BCUT2D eigenvalue weighted by Crippen LogP contribution is 2.23. The number of rotatable bonds is 3. The highest BCUT2D eigenvalue weighted by Gasteiger charge is 2.23. The molecular formula is C13H25N3O. The molecule has 0 aromatic heterocycles. The number of likely N-dealkylation sites (tertiary alicyclic amines) is 1. The van der Waals surface area contributed by atoms with Gasteiger partial charge in [-0.05, 0) is 38.0 Å². The molecule has 1 saturated carbocycles. The fraction of sp³-hybridized carbons (Fsp3) is 0.923. The predicted octanol–water partition coefficient (Wildman–Crippen LogP) is 0.714. The van der Waals surface area contributed by atoms with Crippen LogP contribution in [0.5, 0.6) is 0 Å². The zero-order valence-corrected chi connectivity index (χ0v) is 10.8. The molecule has 4 heteroatoms. The minimum absolute atomic E-state index is 0.179. The van der Waals surface area contributed by atoms with Gasteiger partial charge in [-0.25, -0.2) is 0 Å². The van der Waals surface area contributed by atoms with Gasteiger partial charge in [-0.15, -0.1) is 0 Å². The van der Waals surface area contributed by atoms with Crippen LogP contribution < -0.4 is 11.1 Å². The molecule has 2 fully saturated rings. The van der Waals surface area contributed by atoms with Crippen molar-refractivity contribution in [2.75, 3.05) is 19.6 Å². The Bertz CT molecular complexity index is 261. The zero-order chi connectivity index (χ0) is 12.3. The Hall–Kier alpha value is -0.610. The molecule has 1 atom stereocenters. The maximum absolute atomic E-state index is 11.9. The number of hydrogen-bond acceptors (Lipinski definition) is 3. The third-order valence-corrected chi connectivity index (χ3v) is 4.06. The normalized spacial score (nSPS) is 34.8. The largest absolute Gasteiger partial charge is 0.352 e. The number of nitrogens with zero attached hydrogens (tertiary/aromatic N) is 1. The van der Waals surface area contributed by atoms with E-state index in [1.54, 1.807) is 0 Å². The molecule has 98 valence electrons. The van der Waals surface area contributed by atoms with Crippen LogP contribution in [0.2, 0.25) is 0 Å². The Morgan fingerprint density at radius 2 is 2.00 bits per heavy atom. The van der Waals surface area contributed by atoms with E-state index in [1.807, 2.05) is 0 Å². The summed E-state index contributed by atoms with van der Waals surface area (Å²) in [5.74, 6) is 1.01. The van der Waals surface area contributed by atoms with Crippen LogP contribution >= 0.6 is 0 Å². The van der Waals surface area contributed by atoms with Gasteiger partial charge in [-0.1, -0.05) is 6.92 Å². The van der Waals surface area contributed by atoms with Gasteiger partial charge in [0.05, 0.1) is 6.54 Å². The lowest BCUT2D eigenvalue weighted by atomic mass is 9.87. The second-order valence-corrected chi connectivity index (χ2v) is 5.81. The summed E-state index contributed by atoms with van der Waals surface area (Å²) in [4.78, 5) is 14.0. The topological polar surface area (TPSA) is 58.4 Å². The molecule has 4 nitrogen and oxygen atoms in total. The molecule has 1 aliphatic heterocycles. The van der Waals surface area contributed by atoms with Gasteiger partial charge in [0.2, 0.25) is 5.91 Å². The summed E-state index contributed by atoms with van der Waals surface area (Å²) in [5.41, 5.74) is 5.83. The second kappa shape index (κ2) is 5.83. The fourth-order valence-corrected chi connectivity index (χ4v) is 2.89. The Balaban J connectivity index is 1.67. The van der Waals surface area contributed by atoms with Crippen molar-refractivity contribution >= 4 is 5.91 Å². The van der Waals surface area contributed by atoms with Gasteiger partial charge < -0.3 is 11.1 Å². The summed E-state index contributed by atoms with van der Waals surface area (Å²) in [5, 5.41) is 3.16. The summed E-state index contributed by atoms with van der Waals surface area (Å²) >= 11 is 0. The standard InChI is InChI=1S/C13H25N3O/c1-10-2-4-12(5-3-10)15-13(17)9-16-7-6-11(14)8-16/h10-12H,2-9,14H2,1H3,(H,15,17)/t10?,11-,12?/m1/s1. The van der Waals surface area contributed by atoms with Crippen molar-refractivity contribution in [2.45, 2.75) is 51.1 Å². The monoisotopic (exact) mass is 239 g/mol. The van der Waals surface area contributed by atoms with E-state index in [1.165, 1.54) is 12.8 Å². The van der Waals surface area contributed by atoms with Crippen LogP contribution in [0.15, 0.2) is 0 Å². The lowest BCUT2D eigenvalue weighted by Gasteiger charge is -2.27. The lowest BCUT2D eigenvalue weighted by molar-refractivity contribution is -0.123. The highest BCUT2D eigenvalue weighted by atomic mass is 16.2. The van der Waals surface area contributed by atoms with E-state index in [2.05, 4.69) is 17.1 Å². The molecule has 1 saturated heterocycles. The molecule has 17 heavy (non-hydrogen) atoms. The molecule has 0 bridgehead atoms. The van der Waals surface area contributed by atoms with Crippen LogP contribution in [0, 0.1) is 5.92 Å². The highest BCUT2D eigenvalue weighted by molar-refractivity contribution is 5.78. The molecule has 1 heterocycles. The van der Waals surface area contributed by atoms with E-state index >= 15 is 0 Å². The van der Waals surface area contributed by atoms with Crippen molar-refractivity contribution in [3.8, 4) is 0 Å². The van der Waals surface area contributed by atoms with Crippen LogP contribution in [-0.2, 0) is 4.79 Å². The van der Waals surface area contributed by atoms with Crippen molar-refractivity contribution in [1.82, 2.24) is 10.2 Å². The van der Waals surface area contributed by atoms with E-state index in [9.17, 15) is 4.79 Å². The molecular weight excluding hydrogens is 214 g/mol. The number of nitrogens with one attached hydrogen (secondary N) is 1. The molecule has 0 aromatic carbocycles. The summed E-state index contributed by atoms with van der Waals surface area (Å²) in [7, 11) is 0. The lowest BCUT2D eigenvalue weighted by Crippen LogP contribution is -2.43. The number of amides is 1. The van der Waals surface area contributed by atoms with Crippen LogP contribution in [0.1, 0.15) is 39.0 Å². The van der Waals surface area contributed by atoms with Crippen molar-refractivity contribution in [3.05, 3.63) is 0 Å². The fourth-order valence-electron chi connectivity index (χ4n) is 2.89. The number of nitrogens with two attached hydrogens (primary N) is 1. The van der Waals surface area contributed by atoms with Crippen LogP contribution in [0.4, 0.5) is 0 Å². The van der Waals surface area contributed by atoms with Gasteiger partial charge in [0, 0.05) is 25.2 Å². The Kier molecular flexibility index (Phi) is 4.40. The van der Waals surface area contributed by atoms with E-state index in [0.29, 0.717) is 12.6 Å². The number of carbonyl (C=O) groups excluding carboxylic acids is 1. The maximum atomic E-state index is 11.9. The van der Waals surface area contributed by atoms with E-state index in [-0.39, 0.29) is 11.9 Å². The maximum Gasteiger partial charge on any atom is 0.234 e. The average Bonchev–Trinajstić information content (AvgIpc) is 2.67. The first-order valence-electron chi connectivity index (χ1n) is 6.91. The van der Waals surface area contributed by atoms with Crippen molar-refractivity contribution in [3.63, 3.8) is 0 Å². The van der Waals surface area contributed by atoms with Crippen molar-refractivity contribution < 1.29 is 4.79 Å². The zero-order valence-electron chi connectivity index (χ0n) is 10.8. The SMILES string of the molecule is CC1CCC(NC(=O)CN2CC[C@@H](N)C2)CC1. The Morgan fingerprint density at radius 1 is 1.29 bits per heavy atom. The molecule has 2 rings (SSSR count). The first-order valence-corrected chi connectivity index (χ1v) is 6.91. The molecule has 3 N–H and O–H groups in total. The molecule has 1 aliphatic carbocycles. The van der Waals surface area contributed by atoms with Gasteiger partial charge in [0.25, 0.3) is 0 Å². The quantitative estimate of drug-likeness (QED) is 0.763. The third-order valence-electron chi connectivity index (χ3n) is 4.06. The molecule has 2 aliphatic rings. The smallest absolute Gasteiger partial charge is 0.234 e. The predicted molar refractivity (Wildman–Crippen MR) is 68.6 cm³/mol. The first kappa shape index (κ1) is 12.8. The van der Waals surface area contributed by atoms with Crippen molar-refractivity contribution in [2.24, 2.45) is 11.7 Å². The number of carbonyl (C=O) groups is 1. The molecule has 0 spiro atoms. The molecule has 1 amide bonds. The van der Waals surface area contributed by atoms with Gasteiger partial charge in [-0.3, -0.25) is 9.69 Å². The van der Waals surface area contributed by atoms with Crippen LogP contribution in [0.25, 0.3) is 0 Å². The minimum Gasteiger partial charge on any atom is -0.352 e. The number of hydrogen-bond donors (Lipinski definition) is 2. The van der Waals surface area contributed by atoms with E-state index in [0.717, 1.165) is 38.3 Å². The van der Waals surface area contributed by atoms with Gasteiger partial charge >= 0.3 is 0 Å². The second-order valence-electron chi connectivity index (χ2n) is 5.81. The summed E-state index contributed by atoms with van der Waals surface area (Å²) in [6, 6.07) is 0.674. The molecule has 0 aromatic rings. The Morgan fingerprint density at radius 3 is 2.59 bits per heavy atom. The molecule has 0 radical (unpaired) electrons. The van der Waals surface area contributed by atoms with Gasteiger partial charge in [-0.2, -0.15) is 0 Å². The summed E-state index contributed by atoms with van der Waals surface area (Å²) in [6.45, 7) is 4.66. The summed E-state index contributed by atoms with van der Waals surface area (Å²) in [6.07, 6.45) is 5.81. The summed E-state index contributed by atoms with van der Waals surface area (Å²) < 4.78 is 0. The van der Waals surface area contributed by atoms with E-state index < -0.39 is 0 Å². The van der Waals surface area contributed by atoms with E-state index in [4.69, 9.17) is 5.73 Å². The first-order chi connectivity index (χ1) is 8.13. The minimum atomic E-state index is 0.179. The Labute approximate surface area is 104 Å². The van der Waals surface area contributed by atoms with Gasteiger partial charge in [0.15, 0.2) is 0 Å². The van der Waals surface area contributed by atoms with Crippen molar-refractivity contribution in [1.29, 1.82) is 0 Å². The van der Waals surface area contributed by atoms with Gasteiger partial charge in [0.1, 0.15) is 0 Å². The van der Waals surface area contributed by atoms with Crippen LogP contribution in [0.3, 0.4) is 0 Å². The average molecular weight is 239 g/mol. The molecule has 0 unspecified atom stereocenters.